The summed E-state index contributed by atoms with van der Waals surface area (Å²) in [5.74, 6) is -0.904. The highest BCUT2D eigenvalue weighted by atomic mass is 32.1. The molecule has 0 bridgehead atoms. The number of hydrogen-bond donors (Lipinski definition) is 3. The van der Waals surface area contributed by atoms with Crippen LogP contribution in [0.15, 0.2) is 48.5 Å². The minimum Gasteiger partial charge on any atom is -0.482 e. The van der Waals surface area contributed by atoms with Gasteiger partial charge in [-0.25, -0.2) is 4.79 Å². The van der Waals surface area contributed by atoms with Gasteiger partial charge in [-0.1, -0.05) is 19.1 Å². The molecule has 6 nitrogen and oxygen atoms in total. The first-order valence-corrected chi connectivity index (χ1v) is 8.04. The number of aliphatic carboxylic acids is 1. The van der Waals surface area contributed by atoms with Crippen LogP contribution in [0.4, 0.5) is 5.69 Å². The van der Waals surface area contributed by atoms with Crippen LogP contribution >= 0.6 is 12.2 Å². The van der Waals surface area contributed by atoms with Gasteiger partial charge in [-0.15, -0.1) is 0 Å². The van der Waals surface area contributed by atoms with Crippen LogP contribution in [-0.2, 0) is 11.2 Å². The second-order valence-electron chi connectivity index (χ2n) is 5.17. The molecular weight excluding hydrogens is 340 g/mol. The van der Waals surface area contributed by atoms with E-state index in [1.807, 2.05) is 19.1 Å². The van der Waals surface area contributed by atoms with Crippen molar-refractivity contribution in [1.29, 1.82) is 0 Å². The van der Waals surface area contributed by atoms with Crippen molar-refractivity contribution in [1.82, 2.24) is 5.32 Å². The summed E-state index contributed by atoms with van der Waals surface area (Å²) < 4.78 is 5.04. The van der Waals surface area contributed by atoms with E-state index in [1.54, 1.807) is 36.4 Å². The van der Waals surface area contributed by atoms with Crippen LogP contribution < -0.4 is 15.4 Å². The fourth-order valence-corrected chi connectivity index (χ4v) is 2.22. The van der Waals surface area contributed by atoms with Crippen molar-refractivity contribution < 1.29 is 19.4 Å². The highest BCUT2D eigenvalue weighted by Gasteiger charge is 2.08. The number of benzene rings is 2. The molecule has 2 aromatic carbocycles. The molecule has 0 aliphatic carbocycles. The van der Waals surface area contributed by atoms with Gasteiger partial charge in [-0.05, 0) is 60.6 Å². The number of nitrogens with one attached hydrogen (secondary N) is 2. The molecule has 25 heavy (non-hydrogen) atoms. The number of carbonyl (C=O) groups is 2. The zero-order valence-corrected chi connectivity index (χ0v) is 14.4. The Hall–Kier alpha value is -2.93. The largest absolute Gasteiger partial charge is 0.482 e. The first-order chi connectivity index (χ1) is 12.0. The maximum atomic E-state index is 12.1. The molecule has 0 radical (unpaired) electrons. The van der Waals surface area contributed by atoms with E-state index in [0.717, 1.165) is 12.0 Å². The van der Waals surface area contributed by atoms with Gasteiger partial charge in [0.1, 0.15) is 5.75 Å². The lowest BCUT2D eigenvalue weighted by Gasteiger charge is -2.10. The standard InChI is InChI=1S/C18H18N2O4S/c1-2-12-3-5-13(6-4-12)17(23)20-18(25)19-14-7-9-15(10-8-14)24-11-16(21)22/h3-10H,2,11H2,1H3,(H,21,22)(H2,19,20,23,25). The van der Waals surface area contributed by atoms with Gasteiger partial charge in [0.25, 0.3) is 5.91 Å². The average Bonchev–Trinajstić information content (AvgIpc) is 2.61. The maximum Gasteiger partial charge on any atom is 0.341 e. The zero-order valence-electron chi connectivity index (χ0n) is 13.6. The Morgan fingerprint density at radius 1 is 1.08 bits per heavy atom. The topological polar surface area (TPSA) is 87.7 Å². The molecular formula is C18H18N2O4S. The van der Waals surface area contributed by atoms with E-state index in [0.29, 0.717) is 17.0 Å². The van der Waals surface area contributed by atoms with Gasteiger partial charge in [0.05, 0.1) is 0 Å². The number of rotatable bonds is 6. The second kappa shape index (κ2) is 8.79. The molecule has 2 aromatic rings. The molecule has 0 heterocycles. The highest BCUT2D eigenvalue weighted by molar-refractivity contribution is 7.80. The third-order valence-electron chi connectivity index (χ3n) is 3.33. The number of anilines is 1. The van der Waals surface area contributed by atoms with E-state index in [9.17, 15) is 9.59 Å². The molecule has 7 heteroatoms. The van der Waals surface area contributed by atoms with Crippen molar-refractivity contribution in [3.8, 4) is 5.75 Å². The molecule has 0 saturated heterocycles. The normalized spacial score (nSPS) is 9.96. The Morgan fingerprint density at radius 2 is 1.72 bits per heavy atom. The average molecular weight is 358 g/mol. The van der Waals surface area contributed by atoms with E-state index >= 15 is 0 Å². The van der Waals surface area contributed by atoms with Crippen molar-refractivity contribution in [2.24, 2.45) is 0 Å². The Bertz CT molecular complexity index is 758. The van der Waals surface area contributed by atoms with Crippen LogP contribution in [-0.4, -0.2) is 28.7 Å². The van der Waals surface area contributed by atoms with Crippen LogP contribution in [0.25, 0.3) is 0 Å². The van der Waals surface area contributed by atoms with Gasteiger partial charge in [0.15, 0.2) is 11.7 Å². The molecule has 0 fully saturated rings. The lowest BCUT2D eigenvalue weighted by Crippen LogP contribution is -2.34. The number of hydrogen-bond acceptors (Lipinski definition) is 4. The number of carbonyl (C=O) groups excluding carboxylic acids is 1. The molecule has 0 saturated carbocycles. The Balaban J connectivity index is 1.88. The summed E-state index contributed by atoms with van der Waals surface area (Å²) in [5, 5.41) is 14.2. The fourth-order valence-electron chi connectivity index (χ4n) is 2.01. The molecule has 1 amide bonds. The van der Waals surface area contributed by atoms with Crippen molar-refractivity contribution in [2.75, 3.05) is 11.9 Å². The monoisotopic (exact) mass is 358 g/mol. The van der Waals surface area contributed by atoms with E-state index < -0.39 is 12.6 Å². The molecule has 2 rings (SSSR count). The van der Waals surface area contributed by atoms with Gasteiger partial charge in [-0.2, -0.15) is 0 Å². The van der Waals surface area contributed by atoms with Crippen molar-refractivity contribution in [3.63, 3.8) is 0 Å². The summed E-state index contributed by atoms with van der Waals surface area (Å²) in [4.78, 5) is 22.6. The molecule has 0 atom stereocenters. The second-order valence-corrected chi connectivity index (χ2v) is 5.57. The number of amides is 1. The first-order valence-electron chi connectivity index (χ1n) is 7.64. The van der Waals surface area contributed by atoms with Crippen LogP contribution in [0, 0.1) is 0 Å². The Labute approximate surface area is 150 Å². The van der Waals surface area contributed by atoms with Crippen molar-refractivity contribution in [2.45, 2.75) is 13.3 Å². The number of carboxylic acid groups (broad SMARTS) is 1. The van der Waals surface area contributed by atoms with Crippen LogP contribution in [0.5, 0.6) is 5.75 Å². The highest BCUT2D eigenvalue weighted by Crippen LogP contribution is 2.15. The summed E-state index contributed by atoms with van der Waals surface area (Å²) in [6.07, 6.45) is 0.911. The van der Waals surface area contributed by atoms with Crippen LogP contribution in [0.1, 0.15) is 22.8 Å². The van der Waals surface area contributed by atoms with Crippen molar-refractivity contribution >= 4 is 34.9 Å². The summed E-state index contributed by atoms with van der Waals surface area (Å²) in [5.41, 5.74) is 2.33. The third kappa shape index (κ3) is 5.89. The first kappa shape index (κ1) is 18.4. The molecule has 3 N–H and O–H groups in total. The number of ether oxygens (including phenoxy) is 1. The van der Waals surface area contributed by atoms with Gasteiger partial charge >= 0.3 is 5.97 Å². The van der Waals surface area contributed by atoms with Gasteiger partial charge in [0.2, 0.25) is 0 Å². The van der Waals surface area contributed by atoms with E-state index in [1.165, 1.54) is 0 Å². The van der Waals surface area contributed by atoms with Crippen molar-refractivity contribution in [3.05, 3.63) is 59.7 Å². The Morgan fingerprint density at radius 3 is 2.28 bits per heavy atom. The lowest BCUT2D eigenvalue weighted by atomic mass is 10.1. The minimum absolute atomic E-state index is 0.170. The SMILES string of the molecule is CCc1ccc(C(=O)NC(=S)Nc2ccc(OCC(=O)O)cc2)cc1. The van der Waals surface area contributed by atoms with Gasteiger partial charge in [0, 0.05) is 11.3 Å². The van der Waals surface area contributed by atoms with Crippen LogP contribution in [0.3, 0.4) is 0 Å². The third-order valence-corrected chi connectivity index (χ3v) is 3.53. The number of carboxylic acids is 1. The molecule has 0 aromatic heterocycles. The van der Waals surface area contributed by atoms with E-state index in [-0.39, 0.29) is 11.0 Å². The maximum absolute atomic E-state index is 12.1. The lowest BCUT2D eigenvalue weighted by molar-refractivity contribution is -0.139. The summed E-state index contributed by atoms with van der Waals surface area (Å²) >= 11 is 5.13. The smallest absolute Gasteiger partial charge is 0.341 e. The molecule has 0 aliphatic rings. The predicted molar refractivity (Wildman–Crippen MR) is 99.1 cm³/mol. The van der Waals surface area contributed by atoms with Gasteiger partial charge in [-0.3, -0.25) is 10.1 Å². The predicted octanol–water partition coefficient (Wildman–Crippen LogP) is 2.84. The minimum atomic E-state index is -1.04. The van der Waals surface area contributed by atoms with E-state index in [2.05, 4.69) is 10.6 Å². The number of thiocarbonyl (C=S) groups is 1. The molecule has 0 aliphatic heterocycles. The Kier molecular flexibility index (Phi) is 6.47. The quantitative estimate of drug-likeness (QED) is 0.688. The van der Waals surface area contributed by atoms with Gasteiger partial charge < -0.3 is 15.2 Å². The fraction of sp³-hybridized carbons (Fsp3) is 0.167. The number of aryl methyl sites for hydroxylation is 1. The molecule has 130 valence electrons. The summed E-state index contributed by atoms with van der Waals surface area (Å²) in [6, 6.07) is 13.9. The van der Waals surface area contributed by atoms with E-state index in [4.69, 9.17) is 22.1 Å². The zero-order chi connectivity index (χ0) is 18.2. The summed E-state index contributed by atoms with van der Waals surface area (Å²) in [6.45, 7) is 1.64. The molecule has 0 unspecified atom stereocenters. The molecule has 0 spiro atoms. The van der Waals surface area contributed by atoms with Crippen LogP contribution in [0.2, 0.25) is 0 Å². The summed E-state index contributed by atoms with van der Waals surface area (Å²) in [7, 11) is 0.